The minimum Gasteiger partial charge on any atom is -0.378 e. The first-order chi connectivity index (χ1) is 16.2. The smallest absolute Gasteiger partial charge is 0.226 e. The fourth-order valence-corrected chi connectivity index (χ4v) is 5.66. The Kier molecular flexibility index (Phi) is 9.46. The van der Waals surface area contributed by atoms with Crippen molar-refractivity contribution in [3.05, 3.63) is 23.5 Å². The lowest BCUT2D eigenvalue weighted by Gasteiger charge is -2.27. The fourth-order valence-electron chi connectivity index (χ4n) is 3.74. The van der Waals surface area contributed by atoms with Gasteiger partial charge in [0.15, 0.2) is 0 Å². The SMILES string of the molecule is Cc1cc(SCCCCCSc2cc(C)nc(N3CCOCC3)n2)nc(N2CCOCC2)n1. The van der Waals surface area contributed by atoms with Gasteiger partial charge in [0.25, 0.3) is 0 Å². The van der Waals surface area contributed by atoms with E-state index in [1.807, 2.05) is 37.4 Å². The largest absolute Gasteiger partial charge is 0.378 e. The maximum atomic E-state index is 5.44. The molecule has 2 aromatic heterocycles. The molecule has 33 heavy (non-hydrogen) atoms. The van der Waals surface area contributed by atoms with Crippen LogP contribution in [0.1, 0.15) is 30.7 Å². The van der Waals surface area contributed by atoms with E-state index in [4.69, 9.17) is 19.4 Å². The Labute approximate surface area is 205 Å². The summed E-state index contributed by atoms with van der Waals surface area (Å²) >= 11 is 3.67. The van der Waals surface area contributed by atoms with Gasteiger partial charge in [0, 0.05) is 37.6 Å². The Morgan fingerprint density at radius 2 is 1.09 bits per heavy atom. The zero-order valence-corrected chi connectivity index (χ0v) is 21.3. The summed E-state index contributed by atoms with van der Waals surface area (Å²) < 4.78 is 10.9. The van der Waals surface area contributed by atoms with Crippen LogP contribution in [-0.4, -0.2) is 84.0 Å². The molecule has 0 spiro atoms. The second-order valence-electron chi connectivity index (χ2n) is 8.25. The number of hydrogen-bond acceptors (Lipinski definition) is 10. The third-order valence-electron chi connectivity index (χ3n) is 5.51. The van der Waals surface area contributed by atoms with Gasteiger partial charge < -0.3 is 19.3 Å². The van der Waals surface area contributed by atoms with E-state index in [0.29, 0.717) is 0 Å². The minimum absolute atomic E-state index is 0.751. The topological polar surface area (TPSA) is 76.5 Å². The van der Waals surface area contributed by atoms with Crippen molar-refractivity contribution in [3.8, 4) is 0 Å². The van der Waals surface area contributed by atoms with E-state index < -0.39 is 0 Å². The molecule has 8 nitrogen and oxygen atoms in total. The first kappa shape index (κ1) is 24.5. The van der Waals surface area contributed by atoms with Crippen molar-refractivity contribution in [3.63, 3.8) is 0 Å². The quantitative estimate of drug-likeness (QED) is 0.280. The summed E-state index contributed by atoms with van der Waals surface area (Å²) in [6.45, 7) is 10.6. The molecule has 2 aromatic rings. The number of anilines is 2. The van der Waals surface area contributed by atoms with Crippen LogP contribution in [0.3, 0.4) is 0 Å². The highest BCUT2D eigenvalue weighted by atomic mass is 32.2. The van der Waals surface area contributed by atoms with Crippen molar-refractivity contribution in [2.75, 3.05) is 73.9 Å². The second-order valence-corrected chi connectivity index (χ2v) is 10.5. The average Bonchev–Trinajstić information content (AvgIpc) is 2.84. The lowest BCUT2D eigenvalue weighted by Crippen LogP contribution is -2.37. The standard InChI is InChI=1S/C23H34N6O2S2/c1-18-16-20(26-22(24-18)28-6-10-30-11-7-28)32-14-4-3-5-15-33-21-17-19(2)25-23(27-21)29-8-12-31-13-9-29/h16-17H,3-15H2,1-2H3. The molecule has 0 aromatic carbocycles. The van der Waals surface area contributed by atoms with Gasteiger partial charge in [-0.05, 0) is 50.3 Å². The summed E-state index contributed by atoms with van der Waals surface area (Å²) in [7, 11) is 0. The predicted molar refractivity (Wildman–Crippen MR) is 135 cm³/mol. The van der Waals surface area contributed by atoms with E-state index in [1.165, 1.54) is 19.3 Å². The normalized spacial score (nSPS) is 16.9. The van der Waals surface area contributed by atoms with E-state index in [0.717, 1.165) is 97.4 Å². The van der Waals surface area contributed by atoms with Crippen LogP contribution in [0.15, 0.2) is 22.2 Å². The molecule has 180 valence electrons. The molecule has 0 saturated carbocycles. The Morgan fingerprint density at radius 1 is 0.667 bits per heavy atom. The number of hydrogen-bond donors (Lipinski definition) is 0. The molecule has 0 amide bonds. The van der Waals surface area contributed by atoms with Crippen LogP contribution in [0, 0.1) is 13.8 Å². The lowest BCUT2D eigenvalue weighted by molar-refractivity contribution is 0.122. The van der Waals surface area contributed by atoms with E-state index in [2.05, 4.69) is 31.9 Å². The Hall–Kier alpha value is -1.62. The van der Waals surface area contributed by atoms with Gasteiger partial charge in [0.2, 0.25) is 11.9 Å². The molecular weight excluding hydrogens is 456 g/mol. The van der Waals surface area contributed by atoms with Crippen molar-refractivity contribution in [1.82, 2.24) is 19.9 Å². The van der Waals surface area contributed by atoms with E-state index in [1.54, 1.807) is 0 Å². The molecule has 0 bridgehead atoms. The zero-order chi connectivity index (χ0) is 22.9. The molecule has 2 saturated heterocycles. The molecule has 0 aliphatic carbocycles. The van der Waals surface area contributed by atoms with Gasteiger partial charge in [-0.1, -0.05) is 6.42 Å². The van der Waals surface area contributed by atoms with Gasteiger partial charge in [0.05, 0.1) is 26.4 Å². The van der Waals surface area contributed by atoms with E-state index >= 15 is 0 Å². The van der Waals surface area contributed by atoms with Gasteiger partial charge in [0.1, 0.15) is 10.1 Å². The van der Waals surface area contributed by atoms with Gasteiger partial charge in [-0.2, -0.15) is 0 Å². The molecule has 4 rings (SSSR count). The van der Waals surface area contributed by atoms with Crippen molar-refractivity contribution >= 4 is 35.4 Å². The highest BCUT2D eigenvalue weighted by Gasteiger charge is 2.16. The first-order valence-corrected chi connectivity index (χ1v) is 13.8. The van der Waals surface area contributed by atoms with Gasteiger partial charge in [-0.15, -0.1) is 23.5 Å². The first-order valence-electron chi connectivity index (χ1n) is 11.8. The highest BCUT2D eigenvalue weighted by molar-refractivity contribution is 7.99. The van der Waals surface area contributed by atoms with Crippen molar-refractivity contribution in [2.24, 2.45) is 0 Å². The molecule has 2 aliphatic heterocycles. The Bertz CT molecular complexity index is 820. The number of aromatic nitrogens is 4. The van der Waals surface area contributed by atoms with Crippen LogP contribution >= 0.6 is 23.5 Å². The van der Waals surface area contributed by atoms with E-state index in [-0.39, 0.29) is 0 Å². The van der Waals surface area contributed by atoms with Crippen LogP contribution in [0.5, 0.6) is 0 Å². The summed E-state index contributed by atoms with van der Waals surface area (Å²) in [4.78, 5) is 23.2. The molecule has 0 unspecified atom stereocenters. The molecule has 2 fully saturated rings. The van der Waals surface area contributed by atoms with Crippen LogP contribution in [0.2, 0.25) is 0 Å². The summed E-state index contributed by atoms with van der Waals surface area (Å²) in [6.07, 6.45) is 3.58. The molecule has 0 atom stereocenters. The maximum absolute atomic E-state index is 5.44. The third kappa shape index (κ3) is 7.70. The fraction of sp³-hybridized carbons (Fsp3) is 0.652. The molecule has 0 radical (unpaired) electrons. The summed E-state index contributed by atoms with van der Waals surface area (Å²) in [5.41, 5.74) is 2.06. The van der Waals surface area contributed by atoms with Crippen LogP contribution in [0.4, 0.5) is 11.9 Å². The monoisotopic (exact) mass is 490 g/mol. The van der Waals surface area contributed by atoms with Crippen molar-refractivity contribution < 1.29 is 9.47 Å². The zero-order valence-electron chi connectivity index (χ0n) is 19.7. The number of thioether (sulfide) groups is 2. The molecule has 4 heterocycles. The summed E-state index contributed by atoms with van der Waals surface area (Å²) in [5.74, 6) is 3.84. The maximum Gasteiger partial charge on any atom is 0.226 e. The average molecular weight is 491 g/mol. The van der Waals surface area contributed by atoms with Crippen molar-refractivity contribution in [2.45, 2.75) is 43.2 Å². The summed E-state index contributed by atoms with van der Waals surface area (Å²) in [6, 6.07) is 4.18. The van der Waals surface area contributed by atoms with Crippen LogP contribution in [-0.2, 0) is 9.47 Å². The summed E-state index contributed by atoms with van der Waals surface area (Å²) in [5, 5.41) is 2.15. The number of aryl methyl sites for hydroxylation is 2. The number of nitrogens with zero attached hydrogens (tertiary/aromatic N) is 6. The van der Waals surface area contributed by atoms with Crippen LogP contribution < -0.4 is 9.80 Å². The van der Waals surface area contributed by atoms with Gasteiger partial charge in [-0.25, -0.2) is 19.9 Å². The highest BCUT2D eigenvalue weighted by Crippen LogP contribution is 2.24. The Morgan fingerprint density at radius 3 is 1.52 bits per heavy atom. The third-order valence-corrected chi connectivity index (χ3v) is 7.51. The molecule has 2 aliphatic rings. The Balaban J connectivity index is 1.16. The number of morpholine rings is 2. The molecular formula is C23H34N6O2S2. The molecule has 0 N–H and O–H groups in total. The van der Waals surface area contributed by atoms with Crippen molar-refractivity contribution in [1.29, 1.82) is 0 Å². The number of unbranched alkanes of at least 4 members (excludes halogenated alkanes) is 2. The second kappa shape index (κ2) is 12.7. The lowest BCUT2D eigenvalue weighted by atomic mass is 10.3. The van der Waals surface area contributed by atoms with E-state index in [9.17, 15) is 0 Å². The predicted octanol–water partition coefficient (Wildman–Crippen LogP) is 3.61. The molecule has 10 heteroatoms. The van der Waals surface area contributed by atoms with Gasteiger partial charge in [-0.3, -0.25) is 0 Å². The number of ether oxygens (including phenoxy) is 2. The minimum atomic E-state index is 0.751. The number of rotatable bonds is 10. The van der Waals surface area contributed by atoms with Crippen LogP contribution in [0.25, 0.3) is 0 Å². The van der Waals surface area contributed by atoms with Gasteiger partial charge >= 0.3 is 0 Å².